The largest absolute Gasteiger partial charge is 0.489 e. The van der Waals surface area contributed by atoms with Crippen molar-refractivity contribution in [3.8, 4) is 5.75 Å². The zero-order valence-electron chi connectivity index (χ0n) is 16.7. The van der Waals surface area contributed by atoms with Crippen LogP contribution in [0.15, 0.2) is 76.4 Å². The Balaban J connectivity index is 1.70. The quantitative estimate of drug-likeness (QED) is 0.540. The summed E-state index contributed by atoms with van der Waals surface area (Å²) in [5, 5.41) is 3.48. The van der Waals surface area contributed by atoms with Gasteiger partial charge in [0.15, 0.2) is 5.17 Å². The number of para-hydroxylation sites is 1. The molecule has 2 aromatic rings. The summed E-state index contributed by atoms with van der Waals surface area (Å²) in [6, 6.07) is 14.9. The fourth-order valence-corrected chi connectivity index (χ4v) is 4.37. The number of aliphatic imine (C=N–C) groups is 1. The predicted octanol–water partition coefficient (Wildman–Crippen LogP) is 5.69. The molecule has 0 N–H and O–H groups in total. The second-order valence-corrected chi connectivity index (χ2v) is 8.09. The Morgan fingerprint density at radius 3 is 2.73 bits per heavy atom. The van der Waals surface area contributed by atoms with E-state index in [4.69, 9.17) is 21.1 Å². The monoisotopic (exact) mass is 440 g/mol. The summed E-state index contributed by atoms with van der Waals surface area (Å²) < 4.78 is 11.5. The summed E-state index contributed by atoms with van der Waals surface area (Å²) in [6.07, 6.45) is 1.94. The Hall–Kier alpha value is -2.70. The first kappa shape index (κ1) is 20.6. The fraction of sp³-hybridized carbons (Fsp3) is 0.217. The zero-order chi connectivity index (χ0) is 21.1. The van der Waals surface area contributed by atoms with E-state index in [1.165, 1.54) is 11.8 Å². The van der Waals surface area contributed by atoms with Crippen molar-refractivity contribution in [2.45, 2.75) is 26.5 Å². The van der Waals surface area contributed by atoms with E-state index in [1.54, 1.807) is 6.92 Å². The molecule has 2 aliphatic rings. The van der Waals surface area contributed by atoms with Gasteiger partial charge in [-0.3, -0.25) is 0 Å². The number of ether oxygens (including phenoxy) is 2. The van der Waals surface area contributed by atoms with Crippen LogP contribution in [0.3, 0.4) is 0 Å². The molecule has 4 rings (SSSR count). The fourth-order valence-electron chi connectivity index (χ4n) is 3.46. The van der Waals surface area contributed by atoms with Crippen LogP contribution < -0.4 is 4.74 Å². The molecule has 0 aromatic heterocycles. The molecular formula is C23H21ClN2O3S. The number of hydrogen-bond acceptors (Lipinski definition) is 6. The molecule has 0 aliphatic carbocycles. The molecule has 0 amide bonds. The van der Waals surface area contributed by atoms with E-state index in [0.29, 0.717) is 35.3 Å². The van der Waals surface area contributed by atoms with E-state index in [2.05, 4.69) is 4.99 Å². The third-order valence-corrected chi connectivity index (χ3v) is 5.86. The molecule has 0 fully saturated rings. The van der Waals surface area contributed by atoms with Crippen LogP contribution in [0.2, 0.25) is 5.02 Å². The number of thioether (sulfide) groups is 1. The summed E-state index contributed by atoms with van der Waals surface area (Å²) in [4.78, 5) is 19.4. The van der Waals surface area contributed by atoms with E-state index in [1.807, 2.05) is 72.0 Å². The molecule has 0 unspecified atom stereocenters. The SMILES string of the molecule is CCOC(=O)C1=C(C)N=C2SC=CN2[C@H]1c1ccccc1OCc1ccc(Cl)cc1. The first-order valence-electron chi connectivity index (χ1n) is 9.63. The van der Waals surface area contributed by atoms with Gasteiger partial charge in [-0.15, -0.1) is 0 Å². The lowest BCUT2D eigenvalue weighted by Gasteiger charge is -2.34. The molecule has 7 heteroatoms. The van der Waals surface area contributed by atoms with Gasteiger partial charge in [0.2, 0.25) is 0 Å². The first-order valence-corrected chi connectivity index (χ1v) is 10.9. The van der Waals surface area contributed by atoms with Gasteiger partial charge in [0.25, 0.3) is 0 Å². The maximum absolute atomic E-state index is 12.8. The summed E-state index contributed by atoms with van der Waals surface area (Å²) in [6.45, 7) is 4.34. The molecule has 30 heavy (non-hydrogen) atoms. The van der Waals surface area contributed by atoms with Gasteiger partial charge in [0.05, 0.1) is 23.9 Å². The van der Waals surface area contributed by atoms with Crippen LogP contribution in [0.4, 0.5) is 0 Å². The van der Waals surface area contributed by atoms with Gasteiger partial charge < -0.3 is 14.4 Å². The minimum Gasteiger partial charge on any atom is -0.489 e. The smallest absolute Gasteiger partial charge is 0.338 e. The number of rotatable bonds is 6. The van der Waals surface area contributed by atoms with Crippen molar-refractivity contribution >= 4 is 34.5 Å². The highest BCUT2D eigenvalue weighted by Gasteiger charge is 2.38. The van der Waals surface area contributed by atoms with E-state index >= 15 is 0 Å². The number of halogens is 1. The van der Waals surface area contributed by atoms with Crippen molar-refractivity contribution in [1.82, 2.24) is 4.90 Å². The first-order chi connectivity index (χ1) is 14.6. The number of allylic oxidation sites excluding steroid dienone is 1. The van der Waals surface area contributed by atoms with Crippen LogP contribution in [0.1, 0.15) is 31.0 Å². The van der Waals surface area contributed by atoms with Gasteiger partial charge in [0.1, 0.15) is 12.4 Å². The highest BCUT2D eigenvalue weighted by molar-refractivity contribution is 8.16. The Kier molecular flexibility index (Phi) is 6.16. The number of carbonyl (C=O) groups is 1. The molecule has 1 atom stereocenters. The van der Waals surface area contributed by atoms with Crippen LogP contribution in [0.25, 0.3) is 0 Å². The predicted molar refractivity (Wildman–Crippen MR) is 120 cm³/mol. The molecule has 2 aliphatic heterocycles. The number of nitrogens with zero attached hydrogens (tertiary/aromatic N) is 2. The van der Waals surface area contributed by atoms with Crippen molar-refractivity contribution in [2.24, 2.45) is 4.99 Å². The minimum absolute atomic E-state index is 0.304. The van der Waals surface area contributed by atoms with Gasteiger partial charge in [-0.05, 0) is 43.0 Å². The highest BCUT2D eigenvalue weighted by Crippen LogP contribution is 2.43. The van der Waals surface area contributed by atoms with Crippen LogP contribution in [-0.4, -0.2) is 22.6 Å². The Labute approximate surface area is 185 Å². The molecule has 0 saturated carbocycles. The molecule has 5 nitrogen and oxygen atoms in total. The Bertz CT molecular complexity index is 1050. The Morgan fingerprint density at radius 2 is 1.97 bits per heavy atom. The zero-order valence-corrected chi connectivity index (χ0v) is 18.2. The third kappa shape index (κ3) is 4.11. The van der Waals surface area contributed by atoms with Gasteiger partial charge >= 0.3 is 5.97 Å². The maximum atomic E-state index is 12.8. The molecular weight excluding hydrogens is 420 g/mol. The van der Waals surface area contributed by atoms with Gasteiger partial charge in [-0.1, -0.05) is 53.7 Å². The molecule has 0 radical (unpaired) electrons. The minimum atomic E-state index is -0.371. The topological polar surface area (TPSA) is 51.1 Å². The summed E-state index contributed by atoms with van der Waals surface area (Å²) >= 11 is 7.51. The van der Waals surface area contributed by atoms with Gasteiger partial charge in [-0.2, -0.15) is 0 Å². The average Bonchev–Trinajstić information content (AvgIpc) is 3.21. The standard InChI is InChI=1S/C23H21ClN2O3S/c1-3-28-22(27)20-15(2)25-23-26(12-13-30-23)21(20)18-6-4-5-7-19(18)29-14-16-8-10-17(24)11-9-16/h4-13,21H,3,14H2,1-2H3/t21-/m0/s1. The normalized spacial score (nSPS) is 17.6. The van der Waals surface area contributed by atoms with Crippen molar-refractivity contribution in [2.75, 3.05) is 6.61 Å². The van der Waals surface area contributed by atoms with E-state index in [-0.39, 0.29) is 12.0 Å². The van der Waals surface area contributed by atoms with Crippen molar-refractivity contribution < 1.29 is 14.3 Å². The third-order valence-electron chi connectivity index (χ3n) is 4.84. The van der Waals surface area contributed by atoms with Gasteiger partial charge in [0, 0.05) is 16.8 Å². The van der Waals surface area contributed by atoms with Crippen LogP contribution in [0.5, 0.6) is 5.75 Å². The maximum Gasteiger partial charge on any atom is 0.338 e. The van der Waals surface area contributed by atoms with Gasteiger partial charge in [-0.25, -0.2) is 9.79 Å². The number of benzene rings is 2. The molecule has 0 spiro atoms. The lowest BCUT2D eigenvalue weighted by molar-refractivity contribution is -0.139. The number of amidine groups is 1. The number of carbonyl (C=O) groups excluding carboxylic acids is 1. The average molecular weight is 441 g/mol. The van der Waals surface area contributed by atoms with Crippen molar-refractivity contribution in [1.29, 1.82) is 0 Å². The lowest BCUT2D eigenvalue weighted by Crippen LogP contribution is -2.34. The van der Waals surface area contributed by atoms with E-state index in [9.17, 15) is 4.79 Å². The second kappa shape index (κ2) is 8.98. The van der Waals surface area contributed by atoms with Crippen LogP contribution >= 0.6 is 23.4 Å². The second-order valence-electron chi connectivity index (χ2n) is 6.78. The van der Waals surface area contributed by atoms with Crippen LogP contribution in [0, 0.1) is 0 Å². The molecule has 154 valence electrons. The Morgan fingerprint density at radius 1 is 1.20 bits per heavy atom. The number of esters is 1. The summed E-state index contributed by atoms with van der Waals surface area (Å²) in [7, 11) is 0. The summed E-state index contributed by atoms with van der Waals surface area (Å²) in [5.41, 5.74) is 3.08. The molecule has 2 aromatic carbocycles. The lowest BCUT2D eigenvalue weighted by atomic mass is 9.94. The van der Waals surface area contributed by atoms with Crippen LogP contribution in [-0.2, 0) is 16.1 Å². The van der Waals surface area contributed by atoms with Crippen molar-refractivity contribution in [3.63, 3.8) is 0 Å². The molecule has 0 saturated heterocycles. The number of fused-ring (bicyclic) bond motifs is 1. The summed E-state index contributed by atoms with van der Waals surface area (Å²) in [5.74, 6) is 0.346. The highest BCUT2D eigenvalue weighted by atomic mass is 35.5. The molecule has 0 bridgehead atoms. The van der Waals surface area contributed by atoms with Crippen molar-refractivity contribution in [3.05, 3.63) is 87.6 Å². The van der Waals surface area contributed by atoms with E-state index < -0.39 is 0 Å². The van der Waals surface area contributed by atoms with E-state index in [0.717, 1.165) is 16.3 Å². The number of hydrogen-bond donors (Lipinski definition) is 0. The molecule has 2 heterocycles.